The van der Waals surface area contributed by atoms with E-state index in [-0.39, 0.29) is 0 Å². The van der Waals surface area contributed by atoms with Crippen molar-refractivity contribution in [3.05, 3.63) is 40.8 Å². The Kier molecular flexibility index (Phi) is 2.67. The van der Waals surface area contributed by atoms with Crippen LogP contribution in [-0.2, 0) is 13.0 Å². The maximum atomic E-state index is 5.91. The fraction of sp³-hybridized carbons (Fsp3) is 0.357. The molecule has 0 unspecified atom stereocenters. The Labute approximate surface area is 106 Å². The minimum Gasteiger partial charge on any atom is -0.332 e. The third-order valence-corrected chi connectivity index (χ3v) is 3.70. The smallest absolute Gasteiger partial charge is 0.109 e. The second-order valence-corrected chi connectivity index (χ2v) is 5.01. The van der Waals surface area contributed by atoms with Gasteiger partial charge in [0.25, 0.3) is 0 Å². The van der Waals surface area contributed by atoms with Crippen LogP contribution in [0.5, 0.6) is 0 Å². The molecule has 0 N–H and O–H groups in total. The molecule has 1 aliphatic heterocycles. The lowest BCUT2D eigenvalue weighted by Crippen LogP contribution is -2.11. The van der Waals surface area contributed by atoms with Crippen LogP contribution >= 0.6 is 11.6 Å². The van der Waals surface area contributed by atoms with Crippen LogP contribution in [0, 0.1) is 6.92 Å². The minimum absolute atomic E-state index is 0.773. The molecule has 0 atom stereocenters. The molecule has 0 fully saturated rings. The van der Waals surface area contributed by atoms with Gasteiger partial charge in [-0.3, -0.25) is 0 Å². The molecule has 0 radical (unpaired) electrons. The molecular formula is C14H15ClN2. The minimum atomic E-state index is 0.773. The molecule has 3 rings (SSSR count). The maximum absolute atomic E-state index is 5.91. The summed E-state index contributed by atoms with van der Waals surface area (Å²) < 4.78 is 2.35. The number of aromatic nitrogens is 2. The van der Waals surface area contributed by atoms with E-state index in [4.69, 9.17) is 16.6 Å². The van der Waals surface area contributed by atoms with Gasteiger partial charge in [0.1, 0.15) is 5.82 Å². The zero-order valence-corrected chi connectivity index (χ0v) is 10.7. The average molecular weight is 247 g/mol. The Bertz CT molecular complexity index is 540. The van der Waals surface area contributed by atoms with Gasteiger partial charge in [-0.05, 0) is 31.9 Å². The standard InChI is InChI=1S/C14H15ClN2/c1-10-14(11-5-7-12(15)8-6-11)16-13-4-2-3-9-17(10)13/h5-8H,2-4,9H2,1H3. The van der Waals surface area contributed by atoms with Gasteiger partial charge in [0, 0.05) is 29.2 Å². The number of benzene rings is 1. The van der Waals surface area contributed by atoms with E-state index in [9.17, 15) is 0 Å². The molecule has 88 valence electrons. The van der Waals surface area contributed by atoms with E-state index in [1.807, 2.05) is 24.3 Å². The van der Waals surface area contributed by atoms with Crippen LogP contribution in [0.1, 0.15) is 24.4 Å². The predicted molar refractivity (Wildman–Crippen MR) is 70.3 cm³/mol. The molecule has 0 bridgehead atoms. The van der Waals surface area contributed by atoms with Crippen molar-refractivity contribution < 1.29 is 0 Å². The van der Waals surface area contributed by atoms with Crippen molar-refractivity contribution in [3.8, 4) is 11.3 Å². The lowest BCUT2D eigenvalue weighted by Gasteiger charge is -2.14. The predicted octanol–water partition coefficient (Wildman–Crippen LogP) is 3.85. The Balaban J connectivity index is 2.09. The van der Waals surface area contributed by atoms with Crippen LogP contribution in [0.3, 0.4) is 0 Å². The molecule has 3 heteroatoms. The maximum Gasteiger partial charge on any atom is 0.109 e. The lowest BCUT2D eigenvalue weighted by molar-refractivity contribution is 0.514. The summed E-state index contributed by atoms with van der Waals surface area (Å²) in [4.78, 5) is 4.77. The summed E-state index contributed by atoms with van der Waals surface area (Å²) >= 11 is 5.91. The highest BCUT2D eigenvalue weighted by molar-refractivity contribution is 6.30. The number of hydrogen-bond acceptors (Lipinski definition) is 1. The summed E-state index contributed by atoms with van der Waals surface area (Å²) in [6, 6.07) is 7.94. The Morgan fingerprint density at radius 1 is 1.18 bits per heavy atom. The first-order valence-electron chi connectivity index (χ1n) is 6.07. The molecule has 0 saturated carbocycles. The first-order chi connectivity index (χ1) is 8.25. The first kappa shape index (κ1) is 10.8. The van der Waals surface area contributed by atoms with E-state index >= 15 is 0 Å². The van der Waals surface area contributed by atoms with Crippen molar-refractivity contribution in [1.82, 2.24) is 9.55 Å². The van der Waals surface area contributed by atoms with Crippen LogP contribution in [0.15, 0.2) is 24.3 Å². The molecule has 0 amide bonds. The summed E-state index contributed by atoms with van der Waals surface area (Å²) in [5, 5.41) is 0.773. The largest absolute Gasteiger partial charge is 0.332 e. The monoisotopic (exact) mass is 246 g/mol. The third kappa shape index (κ3) is 1.87. The van der Waals surface area contributed by atoms with Gasteiger partial charge in [0.15, 0.2) is 0 Å². The summed E-state index contributed by atoms with van der Waals surface area (Å²) in [5.74, 6) is 1.23. The van der Waals surface area contributed by atoms with Gasteiger partial charge in [-0.25, -0.2) is 4.98 Å². The Morgan fingerprint density at radius 3 is 2.65 bits per heavy atom. The van der Waals surface area contributed by atoms with Gasteiger partial charge >= 0.3 is 0 Å². The van der Waals surface area contributed by atoms with E-state index in [0.717, 1.165) is 29.2 Å². The van der Waals surface area contributed by atoms with Gasteiger partial charge in [0.2, 0.25) is 0 Å². The van der Waals surface area contributed by atoms with Crippen molar-refractivity contribution in [1.29, 1.82) is 0 Å². The fourth-order valence-corrected chi connectivity index (χ4v) is 2.64. The second kappa shape index (κ2) is 4.19. The lowest BCUT2D eigenvalue weighted by atomic mass is 10.1. The quantitative estimate of drug-likeness (QED) is 0.747. The zero-order valence-electron chi connectivity index (χ0n) is 9.91. The van der Waals surface area contributed by atoms with E-state index in [1.54, 1.807) is 0 Å². The molecule has 0 saturated heterocycles. The fourth-order valence-electron chi connectivity index (χ4n) is 2.51. The summed E-state index contributed by atoms with van der Waals surface area (Å²) in [5.41, 5.74) is 3.55. The molecule has 2 aromatic rings. The molecular weight excluding hydrogens is 232 g/mol. The molecule has 1 aromatic carbocycles. The molecule has 0 spiro atoms. The summed E-state index contributed by atoms with van der Waals surface area (Å²) in [6.07, 6.45) is 3.63. The highest BCUT2D eigenvalue weighted by Gasteiger charge is 2.17. The van der Waals surface area contributed by atoms with E-state index in [2.05, 4.69) is 11.5 Å². The number of aryl methyl sites for hydroxylation is 1. The average Bonchev–Trinajstić information content (AvgIpc) is 2.69. The zero-order chi connectivity index (χ0) is 11.8. The van der Waals surface area contributed by atoms with Gasteiger partial charge in [-0.1, -0.05) is 23.7 Å². The van der Waals surface area contributed by atoms with E-state index < -0.39 is 0 Å². The van der Waals surface area contributed by atoms with Crippen molar-refractivity contribution in [2.75, 3.05) is 0 Å². The summed E-state index contributed by atoms with van der Waals surface area (Å²) in [7, 11) is 0. The molecule has 1 aliphatic rings. The normalized spacial score (nSPS) is 14.7. The Hall–Kier alpha value is -1.28. The van der Waals surface area contributed by atoms with Crippen molar-refractivity contribution >= 4 is 11.6 Å². The number of rotatable bonds is 1. The second-order valence-electron chi connectivity index (χ2n) is 4.58. The van der Waals surface area contributed by atoms with Gasteiger partial charge in [-0.2, -0.15) is 0 Å². The van der Waals surface area contributed by atoms with Crippen molar-refractivity contribution in [3.63, 3.8) is 0 Å². The van der Waals surface area contributed by atoms with Gasteiger partial charge in [0.05, 0.1) is 5.69 Å². The van der Waals surface area contributed by atoms with Crippen molar-refractivity contribution in [2.45, 2.75) is 32.7 Å². The molecule has 2 nitrogen and oxygen atoms in total. The van der Waals surface area contributed by atoms with Crippen LogP contribution in [-0.4, -0.2) is 9.55 Å². The van der Waals surface area contributed by atoms with Crippen LogP contribution in [0.4, 0.5) is 0 Å². The molecule has 2 heterocycles. The highest BCUT2D eigenvalue weighted by atomic mass is 35.5. The van der Waals surface area contributed by atoms with E-state index in [1.165, 1.54) is 24.4 Å². The number of hydrogen-bond donors (Lipinski definition) is 0. The van der Waals surface area contributed by atoms with Crippen LogP contribution in [0.2, 0.25) is 5.02 Å². The van der Waals surface area contributed by atoms with E-state index in [0.29, 0.717) is 0 Å². The van der Waals surface area contributed by atoms with Gasteiger partial charge < -0.3 is 4.57 Å². The number of fused-ring (bicyclic) bond motifs is 1. The van der Waals surface area contributed by atoms with Gasteiger partial charge in [-0.15, -0.1) is 0 Å². The highest BCUT2D eigenvalue weighted by Crippen LogP contribution is 2.27. The van der Waals surface area contributed by atoms with Crippen molar-refractivity contribution in [2.24, 2.45) is 0 Å². The number of imidazole rings is 1. The topological polar surface area (TPSA) is 17.8 Å². The molecule has 0 aliphatic carbocycles. The SMILES string of the molecule is Cc1c(-c2ccc(Cl)cc2)nc2n1CCCC2. The first-order valence-corrected chi connectivity index (χ1v) is 6.45. The van der Waals surface area contributed by atoms with Crippen LogP contribution in [0.25, 0.3) is 11.3 Å². The molecule has 17 heavy (non-hydrogen) atoms. The Morgan fingerprint density at radius 2 is 1.94 bits per heavy atom. The summed E-state index contributed by atoms with van der Waals surface area (Å²) in [6.45, 7) is 3.27. The molecule has 1 aromatic heterocycles. The van der Waals surface area contributed by atoms with Crippen LogP contribution < -0.4 is 0 Å². The third-order valence-electron chi connectivity index (χ3n) is 3.45. The number of halogens is 1. The number of nitrogens with zero attached hydrogens (tertiary/aromatic N) is 2.